The van der Waals surface area contributed by atoms with Crippen LogP contribution in [0.25, 0.3) is 6.08 Å². The molecule has 2 aromatic carbocycles. The molecule has 0 aliphatic heterocycles. The van der Waals surface area contributed by atoms with E-state index in [1.165, 1.54) is 49.6 Å². The van der Waals surface area contributed by atoms with Gasteiger partial charge in [-0.1, -0.05) is 0 Å². The van der Waals surface area contributed by atoms with Crippen LogP contribution >= 0.6 is 15.9 Å². The molecule has 0 atom stereocenters. The van der Waals surface area contributed by atoms with Crippen molar-refractivity contribution in [3.8, 4) is 5.75 Å². The van der Waals surface area contributed by atoms with Gasteiger partial charge in [0.05, 0.1) is 22.2 Å². The molecule has 0 aliphatic carbocycles. The minimum absolute atomic E-state index is 0.0362. The standard InChI is InChI=1S/C16H12BrFN2O4/c1-24-16-13(17)8-11(18)9-14(16)19-15(21)7-4-10-2-5-12(6-3-10)20(22)23/h2-9H,1H3,(H,19,21)/b7-4+. The molecule has 0 heterocycles. The average Bonchev–Trinajstić information content (AvgIpc) is 2.53. The molecule has 0 unspecified atom stereocenters. The zero-order valence-corrected chi connectivity index (χ0v) is 14.0. The summed E-state index contributed by atoms with van der Waals surface area (Å²) in [6.45, 7) is 0. The van der Waals surface area contributed by atoms with Gasteiger partial charge in [0, 0.05) is 24.3 Å². The molecule has 0 saturated carbocycles. The van der Waals surface area contributed by atoms with E-state index in [4.69, 9.17) is 4.74 Å². The highest BCUT2D eigenvalue weighted by atomic mass is 79.9. The van der Waals surface area contributed by atoms with E-state index in [0.717, 1.165) is 6.07 Å². The number of amides is 1. The van der Waals surface area contributed by atoms with Crippen molar-refractivity contribution >= 4 is 39.3 Å². The molecule has 0 aliphatic rings. The fourth-order valence-electron chi connectivity index (χ4n) is 1.91. The van der Waals surface area contributed by atoms with E-state index in [0.29, 0.717) is 15.8 Å². The highest BCUT2D eigenvalue weighted by Gasteiger charge is 2.11. The maximum Gasteiger partial charge on any atom is 0.269 e. The van der Waals surface area contributed by atoms with Gasteiger partial charge in [-0.25, -0.2) is 4.39 Å². The maximum atomic E-state index is 13.4. The smallest absolute Gasteiger partial charge is 0.269 e. The topological polar surface area (TPSA) is 81.5 Å². The van der Waals surface area contributed by atoms with Crippen LogP contribution in [-0.2, 0) is 4.79 Å². The van der Waals surface area contributed by atoms with E-state index < -0.39 is 16.6 Å². The number of hydrogen-bond donors (Lipinski definition) is 1. The predicted octanol–water partition coefficient (Wildman–Crippen LogP) is 4.16. The number of carbonyl (C=O) groups is 1. The van der Waals surface area contributed by atoms with Crippen LogP contribution in [0, 0.1) is 15.9 Å². The number of nitrogens with one attached hydrogen (secondary N) is 1. The lowest BCUT2D eigenvalue weighted by molar-refractivity contribution is -0.384. The van der Waals surface area contributed by atoms with E-state index in [1.807, 2.05) is 0 Å². The van der Waals surface area contributed by atoms with Gasteiger partial charge in [-0.05, 0) is 45.8 Å². The first kappa shape index (κ1) is 17.6. The van der Waals surface area contributed by atoms with Crippen LogP contribution in [0.4, 0.5) is 15.8 Å². The van der Waals surface area contributed by atoms with E-state index in [1.54, 1.807) is 0 Å². The van der Waals surface area contributed by atoms with Gasteiger partial charge >= 0.3 is 0 Å². The number of nitro groups is 1. The SMILES string of the molecule is COc1c(Br)cc(F)cc1NC(=O)/C=C/c1ccc([N+](=O)[O-])cc1. The molecule has 8 heteroatoms. The third-order valence-electron chi connectivity index (χ3n) is 3.00. The molecule has 0 fully saturated rings. The van der Waals surface area contributed by atoms with Crippen molar-refractivity contribution in [3.63, 3.8) is 0 Å². The molecule has 0 saturated heterocycles. The second-order valence-corrected chi connectivity index (χ2v) is 5.49. The Morgan fingerprint density at radius 3 is 2.58 bits per heavy atom. The summed E-state index contributed by atoms with van der Waals surface area (Å²) in [5.74, 6) is -0.727. The Balaban J connectivity index is 2.12. The first-order valence-corrected chi connectivity index (χ1v) is 7.46. The second kappa shape index (κ2) is 7.69. The molecule has 0 bridgehead atoms. The third-order valence-corrected chi connectivity index (χ3v) is 3.59. The number of nitro benzene ring substituents is 1. The van der Waals surface area contributed by atoms with E-state index in [2.05, 4.69) is 21.2 Å². The summed E-state index contributed by atoms with van der Waals surface area (Å²) in [7, 11) is 1.40. The predicted molar refractivity (Wildman–Crippen MR) is 91.4 cm³/mol. The Morgan fingerprint density at radius 1 is 1.33 bits per heavy atom. The number of benzene rings is 2. The molecular formula is C16H12BrFN2O4. The molecule has 124 valence electrons. The van der Waals surface area contributed by atoms with Gasteiger partial charge < -0.3 is 10.1 Å². The summed E-state index contributed by atoms with van der Waals surface area (Å²) in [4.78, 5) is 22.0. The van der Waals surface area contributed by atoms with Gasteiger partial charge in [0.15, 0.2) is 5.75 Å². The van der Waals surface area contributed by atoms with Crippen molar-refractivity contribution < 1.29 is 18.8 Å². The number of methoxy groups -OCH3 is 1. The monoisotopic (exact) mass is 394 g/mol. The minimum Gasteiger partial charge on any atom is -0.493 e. The number of nitrogens with zero attached hydrogens (tertiary/aromatic N) is 1. The lowest BCUT2D eigenvalue weighted by atomic mass is 10.2. The molecule has 6 nitrogen and oxygen atoms in total. The van der Waals surface area contributed by atoms with Gasteiger partial charge in [-0.2, -0.15) is 0 Å². The quantitative estimate of drug-likeness (QED) is 0.468. The van der Waals surface area contributed by atoms with Gasteiger partial charge in [0.25, 0.3) is 5.69 Å². The van der Waals surface area contributed by atoms with Crippen molar-refractivity contribution in [3.05, 3.63) is 68.4 Å². The molecule has 1 amide bonds. The van der Waals surface area contributed by atoms with Gasteiger partial charge in [-0.15, -0.1) is 0 Å². The minimum atomic E-state index is -0.530. The Bertz CT molecular complexity index is 806. The summed E-state index contributed by atoms with van der Waals surface area (Å²) >= 11 is 3.15. The van der Waals surface area contributed by atoms with Crippen molar-refractivity contribution in [2.75, 3.05) is 12.4 Å². The normalized spacial score (nSPS) is 10.6. The number of halogens is 2. The number of hydrogen-bond acceptors (Lipinski definition) is 4. The van der Waals surface area contributed by atoms with E-state index >= 15 is 0 Å². The van der Waals surface area contributed by atoms with Crippen LogP contribution in [0.1, 0.15) is 5.56 Å². The summed E-state index contributed by atoms with van der Waals surface area (Å²) in [5.41, 5.74) is 0.761. The highest BCUT2D eigenvalue weighted by molar-refractivity contribution is 9.10. The maximum absolute atomic E-state index is 13.4. The average molecular weight is 395 g/mol. The number of non-ortho nitro benzene ring substituents is 1. The molecule has 0 radical (unpaired) electrons. The highest BCUT2D eigenvalue weighted by Crippen LogP contribution is 2.34. The summed E-state index contributed by atoms with van der Waals surface area (Å²) in [5, 5.41) is 13.1. The Morgan fingerprint density at radius 2 is 2.00 bits per heavy atom. The van der Waals surface area contributed by atoms with Crippen LogP contribution < -0.4 is 10.1 Å². The third kappa shape index (κ3) is 4.39. The summed E-state index contributed by atoms with van der Waals surface area (Å²) < 4.78 is 18.9. The second-order valence-electron chi connectivity index (χ2n) is 4.64. The zero-order valence-electron chi connectivity index (χ0n) is 12.5. The van der Waals surface area contributed by atoms with E-state index in [-0.39, 0.29) is 11.4 Å². The van der Waals surface area contributed by atoms with Crippen LogP contribution in [-0.4, -0.2) is 17.9 Å². The van der Waals surface area contributed by atoms with Crippen molar-refractivity contribution in [2.24, 2.45) is 0 Å². The number of anilines is 1. The Kier molecular flexibility index (Phi) is 5.64. The molecule has 24 heavy (non-hydrogen) atoms. The lowest BCUT2D eigenvalue weighted by Crippen LogP contribution is -2.09. The first-order chi connectivity index (χ1) is 11.4. The fraction of sp³-hybridized carbons (Fsp3) is 0.0625. The number of ether oxygens (including phenoxy) is 1. The zero-order chi connectivity index (χ0) is 17.7. The lowest BCUT2D eigenvalue weighted by Gasteiger charge is -2.10. The number of carbonyl (C=O) groups excluding carboxylic acids is 1. The van der Waals surface area contributed by atoms with Crippen molar-refractivity contribution in [1.82, 2.24) is 0 Å². The molecular weight excluding hydrogens is 383 g/mol. The summed E-state index contributed by atoms with van der Waals surface area (Å²) in [6, 6.07) is 8.07. The van der Waals surface area contributed by atoms with Gasteiger partial charge in [0.2, 0.25) is 5.91 Å². The molecule has 0 aromatic heterocycles. The Hall–Kier alpha value is -2.74. The van der Waals surface area contributed by atoms with Gasteiger partial charge in [0.1, 0.15) is 5.82 Å². The number of rotatable bonds is 5. The van der Waals surface area contributed by atoms with Crippen LogP contribution in [0.3, 0.4) is 0 Å². The van der Waals surface area contributed by atoms with Crippen LogP contribution in [0.5, 0.6) is 5.75 Å². The van der Waals surface area contributed by atoms with Crippen molar-refractivity contribution in [2.45, 2.75) is 0 Å². The summed E-state index contributed by atoms with van der Waals surface area (Å²) in [6.07, 6.45) is 2.72. The molecule has 1 N–H and O–H groups in total. The molecule has 2 rings (SSSR count). The largest absolute Gasteiger partial charge is 0.493 e. The van der Waals surface area contributed by atoms with Crippen LogP contribution in [0.15, 0.2) is 46.9 Å². The first-order valence-electron chi connectivity index (χ1n) is 6.67. The van der Waals surface area contributed by atoms with Crippen molar-refractivity contribution in [1.29, 1.82) is 0 Å². The molecule has 0 spiro atoms. The van der Waals surface area contributed by atoms with Crippen LogP contribution in [0.2, 0.25) is 0 Å². The molecule has 2 aromatic rings. The van der Waals surface area contributed by atoms with E-state index in [9.17, 15) is 19.3 Å². The Labute approximate surface area is 145 Å². The fourth-order valence-corrected chi connectivity index (χ4v) is 2.51. The van der Waals surface area contributed by atoms with Gasteiger partial charge in [-0.3, -0.25) is 14.9 Å².